The van der Waals surface area contributed by atoms with E-state index in [9.17, 15) is 0 Å². The summed E-state index contributed by atoms with van der Waals surface area (Å²) in [6.45, 7) is 4.13. The fourth-order valence-corrected chi connectivity index (χ4v) is 4.33. The Balaban J connectivity index is 2.13. The molecule has 2 heterocycles. The largest absolute Gasteiger partial charge is 0.262 e. The summed E-state index contributed by atoms with van der Waals surface area (Å²) in [4.78, 5) is 4.45. The number of nitrogens with one attached hydrogen (secondary N) is 1. The maximum atomic E-state index is 5.93. The number of rotatable bonds is 2. The highest BCUT2D eigenvalue weighted by Crippen LogP contribution is 2.41. The van der Waals surface area contributed by atoms with Crippen molar-refractivity contribution >= 4 is 35.1 Å². The van der Waals surface area contributed by atoms with Gasteiger partial charge in [0.15, 0.2) is 5.82 Å². The summed E-state index contributed by atoms with van der Waals surface area (Å²) >= 11 is 9.88. The lowest BCUT2D eigenvalue weighted by Crippen LogP contribution is -2.16. The summed E-state index contributed by atoms with van der Waals surface area (Å²) < 4.78 is 0. The van der Waals surface area contributed by atoms with Crippen LogP contribution in [-0.4, -0.2) is 31.9 Å². The average Bonchev–Trinajstić information content (AvgIpc) is 2.67. The average molecular weight is 264 g/mol. The Morgan fingerprint density at radius 1 is 1.47 bits per heavy atom. The zero-order valence-electron chi connectivity index (χ0n) is 8.74. The molecule has 1 aromatic heterocycles. The molecule has 1 saturated heterocycles. The first-order valence-corrected chi connectivity index (χ1v) is 7.51. The Bertz CT molecular complexity index is 329. The lowest BCUT2D eigenvalue weighted by Gasteiger charge is -2.25. The Morgan fingerprint density at radius 3 is 2.80 bits per heavy atom. The van der Waals surface area contributed by atoms with E-state index in [1.165, 1.54) is 11.5 Å². The van der Waals surface area contributed by atoms with Gasteiger partial charge in [0.05, 0.1) is 10.6 Å². The minimum absolute atomic E-state index is 0.119. The molecule has 3 atom stereocenters. The summed E-state index contributed by atoms with van der Waals surface area (Å²) in [7, 11) is 0. The predicted molar refractivity (Wildman–Crippen MR) is 67.8 cm³/mol. The first kappa shape index (κ1) is 11.6. The van der Waals surface area contributed by atoms with Crippen LogP contribution in [0.2, 0.25) is 0 Å². The Morgan fingerprint density at radius 2 is 2.20 bits per heavy atom. The van der Waals surface area contributed by atoms with Crippen LogP contribution in [0.15, 0.2) is 0 Å². The standard InChI is InChI=1S/C9H14ClN3S2/c1-5(10)8-11-9(13-12-8)7-6(2)14-3-4-15-7/h5-7H,3-4H2,1-2H3,(H,11,12,13). The van der Waals surface area contributed by atoms with Gasteiger partial charge in [-0.3, -0.25) is 5.10 Å². The van der Waals surface area contributed by atoms with Gasteiger partial charge < -0.3 is 0 Å². The number of nitrogens with zero attached hydrogens (tertiary/aromatic N) is 2. The van der Waals surface area contributed by atoms with E-state index in [-0.39, 0.29) is 5.38 Å². The van der Waals surface area contributed by atoms with Crippen LogP contribution in [0.3, 0.4) is 0 Å². The van der Waals surface area contributed by atoms with E-state index < -0.39 is 0 Å². The highest BCUT2D eigenvalue weighted by atomic mass is 35.5. The third-order valence-corrected chi connectivity index (χ3v) is 5.63. The molecule has 6 heteroatoms. The molecule has 0 saturated carbocycles. The SMILES string of the molecule is CC(Cl)c1n[nH]c(C2SCCSC2C)n1. The van der Waals surface area contributed by atoms with E-state index in [1.807, 2.05) is 30.4 Å². The van der Waals surface area contributed by atoms with Crippen LogP contribution >= 0.6 is 35.1 Å². The third kappa shape index (κ3) is 2.63. The number of halogens is 1. The van der Waals surface area contributed by atoms with Crippen molar-refractivity contribution < 1.29 is 0 Å². The van der Waals surface area contributed by atoms with Crippen molar-refractivity contribution in [1.82, 2.24) is 15.2 Å². The van der Waals surface area contributed by atoms with Gasteiger partial charge in [0.2, 0.25) is 0 Å². The summed E-state index contributed by atoms with van der Waals surface area (Å²) in [6.07, 6.45) is 0. The Kier molecular flexibility index (Phi) is 3.85. The van der Waals surface area contributed by atoms with Gasteiger partial charge >= 0.3 is 0 Å². The molecule has 0 bridgehead atoms. The van der Waals surface area contributed by atoms with E-state index >= 15 is 0 Å². The molecule has 3 nitrogen and oxygen atoms in total. The molecule has 84 valence electrons. The molecular weight excluding hydrogens is 250 g/mol. The second-order valence-electron chi connectivity index (χ2n) is 3.56. The Hall–Kier alpha value is 0.130. The summed E-state index contributed by atoms with van der Waals surface area (Å²) in [5, 5.41) is 8.05. The quantitative estimate of drug-likeness (QED) is 0.833. The molecule has 2 rings (SSSR count). The molecule has 1 aliphatic rings. The maximum Gasteiger partial charge on any atom is 0.168 e. The molecule has 1 aromatic rings. The van der Waals surface area contributed by atoms with E-state index in [4.69, 9.17) is 11.6 Å². The first-order chi connectivity index (χ1) is 7.18. The van der Waals surface area contributed by atoms with Crippen LogP contribution < -0.4 is 0 Å². The van der Waals surface area contributed by atoms with Crippen LogP contribution in [0.5, 0.6) is 0 Å². The fraction of sp³-hybridized carbons (Fsp3) is 0.778. The van der Waals surface area contributed by atoms with Crippen molar-refractivity contribution in [1.29, 1.82) is 0 Å². The number of aromatic amines is 1. The normalized spacial score (nSPS) is 29.0. The lowest BCUT2D eigenvalue weighted by atomic mass is 10.3. The van der Waals surface area contributed by atoms with Gasteiger partial charge in [-0.15, -0.1) is 23.4 Å². The van der Waals surface area contributed by atoms with Crippen molar-refractivity contribution in [3.05, 3.63) is 11.6 Å². The molecule has 0 spiro atoms. The monoisotopic (exact) mass is 263 g/mol. The van der Waals surface area contributed by atoms with Gasteiger partial charge in [-0.25, -0.2) is 4.98 Å². The topological polar surface area (TPSA) is 41.6 Å². The summed E-state index contributed by atoms with van der Waals surface area (Å²) in [5.74, 6) is 4.10. The van der Waals surface area contributed by atoms with E-state index in [2.05, 4.69) is 22.1 Å². The molecule has 0 aromatic carbocycles. The van der Waals surface area contributed by atoms with Crippen LogP contribution in [-0.2, 0) is 0 Å². The molecule has 15 heavy (non-hydrogen) atoms. The third-order valence-electron chi connectivity index (χ3n) is 2.33. The molecule has 0 aliphatic carbocycles. The van der Waals surface area contributed by atoms with E-state index in [0.717, 1.165) is 5.82 Å². The molecule has 0 amide bonds. The van der Waals surface area contributed by atoms with Crippen LogP contribution in [0.1, 0.15) is 36.1 Å². The van der Waals surface area contributed by atoms with Crippen molar-refractivity contribution in [2.75, 3.05) is 11.5 Å². The van der Waals surface area contributed by atoms with E-state index in [0.29, 0.717) is 16.3 Å². The van der Waals surface area contributed by atoms with Crippen LogP contribution in [0.25, 0.3) is 0 Å². The van der Waals surface area contributed by atoms with Crippen molar-refractivity contribution in [2.24, 2.45) is 0 Å². The summed E-state index contributed by atoms with van der Waals surface area (Å²) in [6, 6.07) is 0. The first-order valence-electron chi connectivity index (χ1n) is 4.98. The van der Waals surface area contributed by atoms with Gasteiger partial charge in [0.25, 0.3) is 0 Å². The summed E-state index contributed by atoms with van der Waals surface area (Å²) in [5.41, 5.74) is 0. The molecular formula is C9H14ClN3S2. The highest BCUT2D eigenvalue weighted by Gasteiger charge is 2.27. The smallest absolute Gasteiger partial charge is 0.168 e. The maximum absolute atomic E-state index is 5.93. The number of alkyl halides is 1. The van der Waals surface area contributed by atoms with Gasteiger partial charge in [-0.1, -0.05) is 6.92 Å². The van der Waals surface area contributed by atoms with Crippen LogP contribution in [0, 0.1) is 0 Å². The minimum Gasteiger partial charge on any atom is -0.262 e. The second kappa shape index (κ2) is 4.97. The Labute approximate surface area is 103 Å². The number of aromatic nitrogens is 3. The van der Waals surface area contributed by atoms with Crippen molar-refractivity contribution in [3.8, 4) is 0 Å². The van der Waals surface area contributed by atoms with E-state index in [1.54, 1.807) is 0 Å². The van der Waals surface area contributed by atoms with Gasteiger partial charge in [0, 0.05) is 16.8 Å². The molecule has 1 fully saturated rings. The zero-order valence-corrected chi connectivity index (χ0v) is 11.1. The predicted octanol–water partition coefficient (Wildman–Crippen LogP) is 3.01. The second-order valence-corrected chi connectivity index (χ2v) is 6.95. The van der Waals surface area contributed by atoms with Crippen LogP contribution in [0.4, 0.5) is 0 Å². The van der Waals surface area contributed by atoms with Crippen molar-refractivity contribution in [2.45, 2.75) is 29.7 Å². The fourth-order valence-electron chi connectivity index (χ4n) is 1.53. The zero-order chi connectivity index (χ0) is 10.8. The number of hydrogen-bond acceptors (Lipinski definition) is 4. The molecule has 1 aliphatic heterocycles. The lowest BCUT2D eigenvalue weighted by molar-refractivity contribution is 0.829. The molecule has 1 N–H and O–H groups in total. The molecule has 0 radical (unpaired) electrons. The molecule has 3 unspecified atom stereocenters. The van der Waals surface area contributed by atoms with Crippen molar-refractivity contribution in [3.63, 3.8) is 0 Å². The number of hydrogen-bond donors (Lipinski definition) is 1. The van der Waals surface area contributed by atoms with Gasteiger partial charge in [0.1, 0.15) is 5.82 Å². The highest BCUT2D eigenvalue weighted by molar-refractivity contribution is 8.06. The van der Waals surface area contributed by atoms with Gasteiger partial charge in [-0.2, -0.15) is 16.9 Å². The number of thioether (sulfide) groups is 2. The minimum atomic E-state index is -0.119. The number of H-pyrrole nitrogens is 1. The van der Waals surface area contributed by atoms with Gasteiger partial charge in [-0.05, 0) is 6.92 Å².